The minimum absolute atomic E-state index is 0.148. The summed E-state index contributed by atoms with van der Waals surface area (Å²) in [6.07, 6.45) is 2.33. The van der Waals surface area contributed by atoms with E-state index < -0.39 is 0 Å². The summed E-state index contributed by atoms with van der Waals surface area (Å²) in [7, 11) is 1.63. The van der Waals surface area contributed by atoms with Gasteiger partial charge in [-0.05, 0) is 18.1 Å². The second kappa shape index (κ2) is 5.40. The number of benzene rings is 1. The van der Waals surface area contributed by atoms with E-state index in [1.807, 2.05) is 29.2 Å². The summed E-state index contributed by atoms with van der Waals surface area (Å²) in [6, 6.07) is 7.70. The minimum atomic E-state index is 0.148. The highest BCUT2D eigenvalue weighted by Gasteiger charge is 2.31. The largest absolute Gasteiger partial charge is 0.497 e. The third-order valence-corrected chi connectivity index (χ3v) is 4.52. The summed E-state index contributed by atoms with van der Waals surface area (Å²) >= 11 is 3.46. The molecule has 104 valence electrons. The predicted molar refractivity (Wildman–Crippen MR) is 82.5 cm³/mol. The van der Waals surface area contributed by atoms with Gasteiger partial charge in [0, 0.05) is 35.9 Å². The fourth-order valence-electron chi connectivity index (χ4n) is 2.59. The van der Waals surface area contributed by atoms with Gasteiger partial charge in [0.15, 0.2) is 0 Å². The van der Waals surface area contributed by atoms with Crippen LogP contribution in [0.25, 0.3) is 10.9 Å². The van der Waals surface area contributed by atoms with E-state index in [0.29, 0.717) is 12.3 Å². The molecular formula is C15H15BrN2O2. The molecule has 1 saturated heterocycles. The Morgan fingerprint density at radius 3 is 3.05 bits per heavy atom. The lowest BCUT2D eigenvalue weighted by Crippen LogP contribution is -2.25. The van der Waals surface area contributed by atoms with Crippen molar-refractivity contribution < 1.29 is 9.53 Å². The van der Waals surface area contributed by atoms with Gasteiger partial charge in [0.1, 0.15) is 5.75 Å². The molecular weight excluding hydrogens is 320 g/mol. The number of fused-ring (bicyclic) bond motifs is 1. The van der Waals surface area contributed by atoms with Gasteiger partial charge in [-0.2, -0.15) is 0 Å². The van der Waals surface area contributed by atoms with Crippen molar-refractivity contribution in [3.8, 4) is 5.75 Å². The van der Waals surface area contributed by atoms with Gasteiger partial charge in [0.2, 0.25) is 5.91 Å². The first-order valence-corrected chi connectivity index (χ1v) is 7.64. The van der Waals surface area contributed by atoms with Gasteiger partial charge in [-0.25, -0.2) is 0 Å². The fourth-order valence-corrected chi connectivity index (χ4v) is 3.02. The number of ether oxygens (including phenoxy) is 1. The number of aromatic nitrogens is 1. The predicted octanol–water partition coefficient (Wildman–Crippen LogP) is 2.99. The molecule has 1 aromatic heterocycles. The molecule has 1 atom stereocenters. The second-order valence-corrected chi connectivity index (χ2v) is 5.60. The van der Waals surface area contributed by atoms with Crippen LogP contribution in [0.5, 0.6) is 5.75 Å². The molecule has 0 spiro atoms. The van der Waals surface area contributed by atoms with E-state index in [-0.39, 0.29) is 5.91 Å². The Hall–Kier alpha value is -1.62. The number of pyridine rings is 1. The number of halogens is 1. The van der Waals surface area contributed by atoms with Crippen LogP contribution in [0.2, 0.25) is 0 Å². The van der Waals surface area contributed by atoms with Gasteiger partial charge in [0.05, 0.1) is 18.3 Å². The smallest absolute Gasteiger partial charge is 0.227 e. The van der Waals surface area contributed by atoms with E-state index in [0.717, 1.165) is 34.2 Å². The van der Waals surface area contributed by atoms with Crippen molar-refractivity contribution in [3.05, 3.63) is 30.5 Å². The summed E-state index contributed by atoms with van der Waals surface area (Å²) in [4.78, 5) is 18.5. The standard InChI is InChI=1S/C15H15BrN2O2/c1-20-12-6-11-3-2-4-17-15(11)13(7-12)18-9-10(8-16)5-14(18)19/h2-4,6-7,10H,5,8-9H2,1H3. The van der Waals surface area contributed by atoms with Crippen molar-refractivity contribution >= 4 is 38.4 Å². The second-order valence-electron chi connectivity index (χ2n) is 4.95. The molecule has 1 aliphatic rings. The Morgan fingerprint density at radius 2 is 2.35 bits per heavy atom. The quantitative estimate of drug-likeness (QED) is 0.810. The van der Waals surface area contributed by atoms with Crippen LogP contribution in [0, 0.1) is 5.92 Å². The van der Waals surface area contributed by atoms with Crippen LogP contribution in [-0.4, -0.2) is 29.9 Å². The molecule has 0 radical (unpaired) electrons. The molecule has 1 unspecified atom stereocenters. The van der Waals surface area contributed by atoms with Crippen molar-refractivity contribution in [3.63, 3.8) is 0 Å². The third kappa shape index (κ3) is 2.26. The molecule has 1 amide bonds. The number of methoxy groups -OCH3 is 1. The maximum Gasteiger partial charge on any atom is 0.227 e. The lowest BCUT2D eigenvalue weighted by molar-refractivity contribution is -0.117. The zero-order chi connectivity index (χ0) is 14.1. The first kappa shape index (κ1) is 13.4. The molecule has 0 aliphatic carbocycles. The fraction of sp³-hybridized carbons (Fsp3) is 0.333. The Labute approximate surface area is 125 Å². The van der Waals surface area contributed by atoms with Crippen molar-refractivity contribution in [2.75, 3.05) is 23.9 Å². The number of rotatable bonds is 3. The molecule has 2 heterocycles. The molecule has 0 N–H and O–H groups in total. The monoisotopic (exact) mass is 334 g/mol. The third-order valence-electron chi connectivity index (χ3n) is 3.61. The number of anilines is 1. The molecule has 2 aromatic rings. The minimum Gasteiger partial charge on any atom is -0.497 e. The lowest BCUT2D eigenvalue weighted by Gasteiger charge is -2.19. The van der Waals surface area contributed by atoms with Crippen LogP contribution in [0.3, 0.4) is 0 Å². The summed E-state index contributed by atoms with van der Waals surface area (Å²) in [5.74, 6) is 1.25. The Balaban J connectivity index is 2.12. The van der Waals surface area contributed by atoms with Gasteiger partial charge in [-0.15, -0.1) is 0 Å². The summed E-state index contributed by atoms with van der Waals surface area (Å²) in [5, 5.41) is 1.82. The van der Waals surface area contributed by atoms with Crippen molar-refractivity contribution in [2.24, 2.45) is 5.92 Å². The number of nitrogens with zero attached hydrogens (tertiary/aromatic N) is 2. The van der Waals surface area contributed by atoms with E-state index in [4.69, 9.17) is 4.74 Å². The first-order chi connectivity index (χ1) is 9.72. The average Bonchev–Trinajstić information content (AvgIpc) is 2.87. The molecule has 1 aliphatic heterocycles. The van der Waals surface area contributed by atoms with Crippen molar-refractivity contribution in [1.29, 1.82) is 0 Å². The van der Waals surface area contributed by atoms with Crippen molar-refractivity contribution in [1.82, 2.24) is 4.98 Å². The van der Waals surface area contributed by atoms with Crippen LogP contribution in [0.1, 0.15) is 6.42 Å². The molecule has 1 fully saturated rings. The highest BCUT2D eigenvalue weighted by molar-refractivity contribution is 9.09. The Kier molecular flexibility index (Phi) is 3.61. The van der Waals surface area contributed by atoms with Gasteiger partial charge < -0.3 is 9.64 Å². The molecule has 1 aromatic carbocycles. The van der Waals surface area contributed by atoms with E-state index >= 15 is 0 Å². The topological polar surface area (TPSA) is 42.4 Å². The van der Waals surface area contributed by atoms with E-state index in [1.165, 1.54) is 0 Å². The van der Waals surface area contributed by atoms with E-state index in [1.54, 1.807) is 13.3 Å². The van der Waals surface area contributed by atoms with Gasteiger partial charge >= 0.3 is 0 Å². The summed E-state index contributed by atoms with van der Waals surface area (Å²) < 4.78 is 5.34. The van der Waals surface area contributed by atoms with Crippen LogP contribution in [0.15, 0.2) is 30.5 Å². The molecule has 5 heteroatoms. The van der Waals surface area contributed by atoms with Gasteiger partial charge in [-0.1, -0.05) is 22.0 Å². The Bertz CT molecular complexity index is 659. The average molecular weight is 335 g/mol. The first-order valence-electron chi connectivity index (χ1n) is 6.52. The van der Waals surface area contributed by atoms with Crippen LogP contribution in [-0.2, 0) is 4.79 Å². The normalized spacial score (nSPS) is 18.8. The SMILES string of the molecule is COc1cc(N2CC(CBr)CC2=O)c2ncccc2c1. The molecule has 0 saturated carbocycles. The van der Waals surface area contributed by atoms with Crippen LogP contribution in [0.4, 0.5) is 5.69 Å². The summed E-state index contributed by atoms with van der Waals surface area (Å²) in [5.41, 5.74) is 1.69. The van der Waals surface area contributed by atoms with Crippen LogP contribution >= 0.6 is 15.9 Å². The lowest BCUT2D eigenvalue weighted by atomic mass is 10.1. The number of alkyl halides is 1. The summed E-state index contributed by atoms with van der Waals surface area (Å²) in [6.45, 7) is 0.725. The number of carbonyl (C=O) groups is 1. The van der Waals surface area contributed by atoms with Crippen LogP contribution < -0.4 is 9.64 Å². The molecule has 0 bridgehead atoms. The van der Waals surface area contributed by atoms with E-state index in [9.17, 15) is 4.79 Å². The van der Waals surface area contributed by atoms with Gasteiger partial charge in [0.25, 0.3) is 0 Å². The highest BCUT2D eigenvalue weighted by atomic mass is 79.9. The Morgan fingerprint density at radius 1 is 1.50 bits per heavy atom. The maximum absolute atomic E-state index is 12.2. The molecule has 20 heavy (non-hydrogen) atoms. The maximum atomic E-state index is 12.2. The zero-order valence-electron chi connectivity index (χ0n) is 11.2. The molecule has 3 rings (SSSR count). The number of amides is 1. The number of carbonyl (C=O) groups excluding carboxylic acids is 1. The highest BCUT2D eigenvalue weighted by Crippen LogP contribution is 2.34. The van der Waals surface area contributed by atoms with Crippen molar-refractivity contribution in [2.45, 2.75) is 6.42 Å². The zero-order valence-corrected chi connectivity index (χ0v) is 12.8. The van der Waals surface area contributed by atoms with E-state index in [2.05, 4.69) is 20.9 Å². The van der Waals surface area contributed by atoms with Gasteiger partial charge in [-0.3, -0.25) is 9.78 Å². The molecule has 4 nitrogen and oxygen atoms in total. The number of hydrogen-bond acceptors (Lipinski definition) is 3. The number of hydrogen-bond donors (Lipinski definition) is 0.